The Labute approximate surface area is 87.9 Å². The topological polar surface area (TPSA) is 66.4 Å². The predicted octanol–water partition coefficient (Wildman–Crippen LogP) is 1.20. The Morgan fingerprint density at radius 2 is 1.93 bits per heavy atom. The number of carbonyl (C=O) groups is 2. The number of rotatable bonds is 3. The zero-order valence-corrected chi connectivity index (χ0v) is 8.65. The van der Waals surface area contributed by atoms with Crippen LogP contribution in [0.1, 0.15) is 22.8 Å². The molecule has 1 unspecified atom stereocenters. The molecule has 1 rings (SSSR count). The maximum atomic E-state index is 11.6. The molecule has 15 heavy (non-hydrogen) atoms. The molecule has 0 aliphatic rings. The van der Waals surface area contributed by atoms with E-state index >= 15 is 0 Å². The molecule has 0 spiro atoms. The Balaban J connectivity index is 2.78. The fourth-order valence-corrected chi connectivity index (χ4v) is 1.16. The van der Waals surface area contributed by atoms with Crippen LogP contribution >= 0.6 is 0 Å². The molecule has 1 aromatic carbocycles. The molecule has 1 amide bonds. The van der Waals surface area contributed by atoms with Crippen molar-refractivity contribution in [3.63, 3.8) is 0 Å². The monoisotopic (exact) mass is 207 g/mol. The van der Waals surface area contributed by atoms with Gasteiger partial charge in [-0.1, -0.05) is 18.2 Å². The molecule has 0 bridgehead atoms. The van der Waals surface area contributed by atoms with Gasteiger partial charge in [-0.25, -0.2) is 0 Å². The largest absolute Gasteiger partial charge is 0.480 e. The second kappa shape index (κ2) is 4.59. The third-order valence-electron chi connectivity index (χ3n) is 2.11. The van der Waals surface area contributed by atoms with Crippen LogP contribution in [0.3, 0.4) is 0 Å². The van der Waals surface area contributed by atoms with Crippen molar-refractivity contribution in [2.45, 2.75) is 19.9 Å². The lowest BCUT2D eigenvalue weighted by Gasteiger charge is -2.10. The van der Waals surface area contributed by atoms with Crippen LogP contribution in [0.2, 0.25) is 0 Å². The summed E-state index contributed by atoms with van der Waals surface area (Å²) >= 11 is 0. The molecule has 0 saturated carbocycles. The summed E-state index contributed by atoms with van der Waals surface area (Å²) < 4.78 is 0. The van der Waals surface area contributed by atoms with Crippen LogP contribution in [0.25, 0.3) is 0 Å². The number of aryl methyl sites for hydroxylation is 1. The van der Waals surface area contributed by atoms with Crippen molar-refractivity contribution in [1.29, 1.82) is 0 Å². The highest BCUT2D eigenvalue weighted by molar-refractivity contribution is 5.97. The van der Waals surface area contributed by atoms with Crippen molar-refractivity contribution < 1.29 is 14.7 Å². The van der Waals surface area contributed by atoms with Crippen LogP contribution in [0.5, 0.6) is 0 Å². The number of amides is 1. The molecule has 1 atom stereocenters. The first kappa shape index (κ1) is 11.2. The lowest BCUT2D eigenvalue weighted by Crippen LogP contribution is -2.38. The van der Waals surface area contributed by atoms with Gasteiger partial charge in [0.1, 0.15) is 6.04 Å². The maximum absolute atomic E-state index is 11.6. The fraction of sp³-hybridized carbons (Fsp3) is 0.273. The summed E-state index contributed by atoms with van der Waals surface area (Å²) in [4.78, 5) is 22.1. The van der Waals surface area contributed by atoms with Crippen molar-refractivity contribution in [1.82, 2.24) is 5.32 Å². The summed E-state index contributed by atoms with van der Waals surface area (Å²) in [7, 11) is 0. The van der Waals surface area contributed by atoms with E-state index in [4.69, 9.17) is 5.11 Å². The smallest absolute Gasteiger partial charge is 0.325 e. The number of nitrogens with one attached hydrogen (secondary N) is 1. The molecule has 4 nitrogen and oxygen atoms in total. The number of carboxylic acids is 1. The third kappa shape index (κ3) is 2.80. The Morgan fingerprint density at radius 3 is 2.47 bits per heavy atom. The molecule has 0 aliphatic heterocycles. The van der Waals surface area contributed by atoms with Gasteiger partial charge in [0.05, 0.1) is 0 Å². The summed E-state index contributed by atoms with van der Waals surface area (Å²) in [5, 5.41) is 11.0. The number of aliphatic carboxylic acids is 1. The van der Waals surface area contributed by atoms with E-state index in [0.29, 0.717) is 5.56 Å². The summed E-state index contributed by atoms with van der Waals surface area (Å²) in [6.45, 7) is 3.23. The summed E-state index contributed by atoms with van der Waals surface area (Å²) in [5.41, 5.74) is 1.33. The van der Waals surface area contributed by atoms with Gasteiger partial charge in [0.2, 0.25) is 0 Å². The first-order chi connectivity index (χ1) is 7.02. The number of benzene rings is 1. The first-order valence-electron chi connectivity index (χ1n) is 4.61. The van der Waals surface area contributed by atoms with E-state index in [2.05, 4.69) is 5.32 Å². The number of carbonyl (C=O) groups excluding carboxylic acids is 1. The minimum atomic E-state index is -1.04. The Hall–Kier alpha value is -1.84. The minimum absolute atomic E-state index is 0.358. The highest BCUT2D eigenvalue weighted by Gasteiger charge is 2.15. The molecule has 80 valence electrons. The zero-order valence-electron chi connectivity index (χ0n) is 8.65. The molecule has 0 heterocycles. The van der Waals surface area contributed by atoms with E-state index < -0.39 is 12.0 Å². The maximum Gasteiger partial charge on any atom is 0.325 e. The van der Waals surface area contributed by atoms with Gasteiger partial charge >= 0.3 is 5.97 Å². The van der Waals surface area contributed by atoms with E-state index in [9.17, 15) is 9.59 Å². The van der Waals surface area contributed by atoms with Gasteiger partial charge in [0.25, 0.3) is 5.91 Å². The summed E-state index contributed by atoms with van der Waals surface area (Å²) in [6, 6.07) is 6.16. The van der Waals surface area contributed by atoms with Gasteiger partial charge in [-0.15, -0.1) is 0 Å². The summed E-state index contributed by atoms with van der Waals surface area (Å²) in [6.07, 6.45) is 0. The lowest BCUT2D eigenvalue weighted by atomic mass is 10.1. The van der Waals surface area contributed by atoms with Crippen LogP contribution in [0, 0.1) is 6.92 Å². The quantitative estimate of drug-likeness (QED) is 0.782. The molecule has 0 radical (unpaired) electrons. The Morgan fingerprint density at radius 1 is 1.33 bits per heavy atom. The van der Waals surface area contributed by atoms with Crippen LogP contribution in [-0.4, -0.2) is 23.0 Å². The fourth-order valence-electron chi connectivity index (χ4n) is 1.16. The van der Waals surface area contributed by atoms with E-state index in [-0.39, 0.29) is 5.91 Å². The molecule has 0 saturated heterocycles. The third-order valence-corrected chi connectivity index (χ3v) is 2.11. The van der Waals surface area contributed by atoms with Crippen molar-refractivity contribution in [2.24, 2.45) is 0 Å². The number of hydrogen-bond donors (Lipinski definition) is 2. The van der Waals surface area contributed by atoms with Gasteiger partial charge in [-0.2, -0.15) is 0 Å². The average molecular weight is 207 g/mol. The molecular formula is C11H13NO3. The molecule has 4 heteroatoms. The Kier molecular flexibility index (Phi) is 3.44. The average Bonchev–Trinajstić information content (AvgIpc) is 2.18. The first-order valence-corrected chi connectivity index (χ1v) is 4.61. The summed E-state index contributed by atoms with van der Waals surface area (Å²) in [5.74, 6) is -1.40. The highest BCUT2D eigenvalue weighted by atomic mass is 16.4. The van der Waals surface area contributed by atoms with E-state index in [1.807, 2.05) is 6.07 Å². The molecular weight excluding hydrogens is 194 g/mol. The normalized spacial score (nSPS) is 11.9. The van der Waals surface area contributed by atoms with Crippen LogP contribution in [0.15, 0.2) is 24.3 Å². The van der Waals surface area contributed by atoms with E-state index in [1.165, 1.54) is 6.92 Å². The van der Waals surface area contributed by atoms with Crippen molar-refractivity contribution in [3.8, 4) is 0 Å². The minimum Gasteiger partial charge on any atom is -0.480 e. The van der Waals surface area contributed by atoms with Gasteiger partial charge < -0.3 is 10.4 Å². The van der Waals surface area contributed by atoms with Crippen molar-refractivity contribution in [3.05, 3.63) is 35.4 Å². The second-order valence-corrected chi connectivity index (χ2v) is 3.35. The van der Waals surface area contributed by atoms with Gasteiger partial charge in [0.15, 0.2) is 0 Å². The van der Waals surface area contributed by atoms with Gasteiger partial charge in [-0.05, 0) is 25.5 Å². The van der Waals surface area contributed by atoms with Crippen molar-refractivity contribution >= 4 is 11.9 Å². The number of carboxylic acid groups (broad SMARTS) is 1. The van der Waals surface area contributed by atoms with Gasteiger partial charge in [0, 0.05) is 5.56 Å². The molecule has 0 aromatic heterocycles. The molecule has 2 N–H and O–H groups in total. The van der Waals surface area contributed by atoms with Crippen LogP contribution in [0.4, 0.5) is 0 Å². The van der Waals surface area contributed by atoms with Gasteiger partial charge in [-0.3, -0.25) is 9.59 Å². The standard InChI is InChI=1S/C11H13NO3/c1-7-5-3-4-6-9(7)10(13)12-8(2)11(14)15/h3-6,8H,1-2H3,(H,12,13)(H,14,15). The lowest BCUT2D eigenvalue weighted by molar-refractivity contribution is -0.138. The highest BCUT2D eigenvalue weighted by Crippen LogP contribution is 2.06. The predicted molar refractivity (Wildman–Crippen MR) is 55.7 cm³/mol. The number of hydrogen-bond acceptors (Lipinski definition) is 2. The molecule has 0 fully saturated rings. The second-order valence-electron chi connectivity index (χ2n) is 3.35. The van der Waals surface area contributed by atoms with E-state index in [0.717, 1.165) is 5.56 Å². The molecule has 1 aromatic rings. The SMILES string of the molecule is Cc1ccccc1C(=O)NC(C)C(=O)O. The van der Waals surface area contributed by atoms with Crippen molar-refractivity contribution in [2.75, 3.05) is 0 Å². The zero-order chi connectivity index (χ0) is 11.4. The van der Waals surface area contributed by atoms with E-state index in [1.54, 1.807) is 25.1 Å². The van der Waals surface area contributed by atoms with Crippen LogP contribution in [-0.2, 0) is 4.79 Å². The molecule has 0 aliphatic carbocycles. The van der Waals surface area contributed by atoms with Crippen LogP contribution < -0.4 is 5.32 Å². The Bertz CT molecular complexity index is 387.